The minimum Gasteiger partial charge on any atom is -0.427 e. The average Bonchev–Trinajstić information content (AvgIpc) is 2.78. The molecule has 2 rings (SSSR count). The minimum atomic E-state index is 0.507. The minimum absolute atomic E-state index is 0.507. The first-order chi connectivity index (χ1) is 8.69. The van der Waals surface area contributed by atoms with Crippen LogP contribution in [-0.2, 0) is 11.2 Å². The first kappa shape index (κ1) is 13.4. The van der Waals surface area contributed by atoms with Gasteiger partial charge in [0.15, 0.2) is 5.75 Å². The molecule has 7 heteroatoms. The van der Waals surface area contributed by atoms with E-state index in [9.17, 15) is 0 Å². The zero-order valence-electron chi connectivity index (χ0n) is 10.0. The number of nitrogens with zero attached hydrogens (tertiary/aromatic N) is 3. The molecule has 2 aromatic rings. The average molecular weight is 330 g/mol. The van der Waals surface area contributed by atoms with Crippen molar-refractivity contribution in [3.05, 3.63) is 28.3 Å². The highest BCUT2D eigenvalue weighted by Crippen LogP contribution is 2.29. The number of methoxy groups -OCH3 is 1. The number of pyridine rings is 1. The zero-order valence-corrected chi connectivity index (χ0v) is 12.4. The monoisotopic (exact) mass is 329 g/mol. The van der Waals surface area contributed by atoms with Crippen LogP contribution in [-0.4, -0.2) is 28.1 Å². The van der Waals surface area contributed by atoms with Gasteiger partial charge in [0.1, 0.15) is 10.4 Å². The molecule has 0 N–H and O–H groups in total. The van der Waals surface area contributed by atoms with Crippen molar-refractivity contribution in [3.8, 4) is 10.9 Å². The van der Waals surface area contributed by atoms with E-state index in [0.29, 0.717) is 28.6 Å². The molecule has 0 unspecified atom stereocenters. The highest BCUT2D eigenvalue weighted by molar-refractivity contribution is 9.10. The fourth-order valence-electron chi connectivity index (χ4n) is 1.26. The van der Waals surface area contributed by atoms with Gasteiger partial charge in [0.25, 0.3) is 5.19 Å². The standard InChI is InChI=1S/C11H12BrN3O2S/c1-7-3-4-8(10(12)13-7)17-11-14-9(15-18-11)5-6-16-2/h3-4H,5-6H2,1-2H3. The lowest BCUT2D eigenvalue weighted by Crippen LogP contribution is -1.96. The molecule has 0 saturated carbocycles. The number of hydrogen-bond acceptors (Lipinski definition) is 6. The van der Waals surface area contributed by atoms with E-state index in [2.05, 4.69) is 30.3 Å². The maximum Gasteiger partial charge on any atom is 0.298 e. The van der Waals surface area contributed by atoms with E-state index in [1.165, 1.54) is 11.5 Å². The summed E-state index contributed by atoms with van der Waals surface area (Å²) in [6.07, 6.45) is 0.684. The van der Waals surface area contributed by atoms with E-state index in [1.54, 1.807) is 7.11 Å². The molecule has 18 heavy (non-hydrogen) atoms. The Bertz CT molecular complexity index is 533. The van der Waals surface area contributed by atoms with Gasteiger partial charge < -0.3 is 9.47 Å². The fourth-order valence-corrected chi connectivity index (χ4v) is 2.34. The van der Waals surface area contributed by atoms with Gasteiger partial charge in [0, 0.05) is 30.8 Å². The maximum atomic E-state index is 5.62. The number of hydrogen-bond donors (Lipinski definition) is 0. The fraction of sp³-hybridized carbons (Fsp3) is 0.364. The number of halogens is 1. The Balaban J connectivity index is 2.06. The van der Waals surface area contributed by atoms with Gasteiger partial charge in [-0.1, -0.05) is 0 Å². The van der Waals surface area contributed by atoms with Gasteiger partial charge in [0.05, 0.1) is 6.61 Å². The van der Waals surface area contributed by atoms with Crippen molar-refractivity contribution in [1.82, 2.24) is 14.3 Å². The Morgan fingerprint density at radius 1 is 1.33 bits per heavy atom. The smallest absolute Gasteiger partial charge is 0.298 e. The summed E-state index contributed by atoms with van der Waals surface area (Å²) in [6.45, 7) is 2.52. The lowest BCUT2D eigenvalue weighted by molar-refractivity contribution is 0.200. The lowest BCUT2D eigenvalue weighted by Gasteiger charge is -2.03. The van der Waals surface area contributed by atoms with E-state index >= 15 is 0 Å². The second-order valence-corrected chi connectivity index (χ2v) is 5.03. The SMILES string of the molecule is COCCc1nsc(Oc2ccc(C)nc2Br)n1. The Kier molecular flexibility index (Phi) is 4.62. The molecule has 0 spiro atoms. The van der Waals surface area contributed by atoms with E-state index in [-0.39, 0.29) is 0 Å². The Morgan fingerprint density at radius 3 is 2.89 bits per heavy atom. The van der Waals surface area contributed by atoms with Crippen LogP contribution in [0.5, 0.6) is 10.9 Å². The van der Waals surface area contributed by atoms with Crippen molar-refractivity contribution in [2.45, 2.75) is 13.3 Å². The third-order valence-electron chi connectivity index (χ3n) is 2.13. The molecule has 0 bridgehead atoms. The lowest BCUT2D eigenvalue weighted by atomic mass is 10.4. The van der Waals surface area contributed by atoms with E-state index in [4.69, 9.17) is 9.47 Å². The summed E-state index contributed by atoms with van der Waals surface area (Å²) in [7, 11) is 1.65. The number of aryl methyl sites for hydroxylation is 1. The van der Waals surface area contributed by atoms with Crippen LogP contribution in [0.2, 0.25) is 0 Å². The molecule has 2 heterocycles. The van der Waals surface area contributed by atoms with Gasteiger partial charge in [0.2, 0.25) is 0 Å². The molecule has 0 aliphatic rings. The molecule has 0 aliphatic heterocycles. The third-order valence-corrected chi connectivity index (χ3v) is 3.33. The second kappa shape index (κ2) is 6.21. The van der Waals surface area contributed by atoms with Crippen LogP contribution in [0.4, 0.5) is 0 Å². The Morgan fingerprint density at radius 2 is 2.17 bits per heavy atom. The summed E-state index contributed by atoms with van der Waals surface area (Å²) >= 11 is 4.57. The molecule has 0 amide bonds. The largest absolute Gasteiger partial charge is 0.427 e. The molecule has 0 saturated heterocycles. The van der Waals surface area contributed by atoms with Crippen molar-refractivity contribution in [1.29, 1.82) is 0 Å². The van der Waals surface area contributed by atoms with Crippen LogP contribution >= 0.6 is 27.5 Å². The second-order valence-electron chi connectivity index (χ2n) is 3.56. The van der Waals surface area contributed by atoms with Crippen molar-refractivity contribution >= 4 is 27.5 Å². The molecule has 0 aromatic carbocycles. The molecule has 0 atom stereocenters. The van der Waals surface area contributed by atoms with Crippen LogP contribution in [0.15, 0.2) is 16.7 Å². The van der Waals surface area contributed by atoms with E-state index in [0.717, 1.165) is 11.5 Å². The van der Waals surface area contributed by atoms with E-state index in [1.807, 2.05) is 19.1 Å². The maximum absolute atomic E-state index is 5.62. The molecule has 0 radical (unpaired) electrons. The summed E-state index contributed by atoms with van der Waals surface area (Å²) in [4.78, 5) is 8.52. The zero-order chi connectivity index (χ0) is 13.0. The summed E-state index contributed by atoms with van der Waals surface area (Å²) in [6, 6.07) is 3.73. The van der Waals surface area contributed by atoms with Crippen LogP contribution < -0.4 is 4.74 Å². The highest BCUT2D eigenvalue weighted by Gasteiger charge is 2.09. The Hall–Kier alpha value is -1.05. The van der Waals surface area contributed by atoms with Gasteiger partial charge >= 0.3 is 0 Å². The van der Waals surface area contributed by atoms with Gasteiger partial charge in [-0.05, 0) is 35.0 Å². The van der Waals surface area contributed by atoms with Gasteiger partial charge in [-0.25, -0.2) is 4.98 Å². The van der Waals surface area contributed by atoms with E-state index < -0.39 is 0 Å². The van der Waals surface area contributed by atoms with Crippen molar-refractivity contribution in [2.75, 3.05) is 13.7 Å². The number of aromatic nitrogens is 3. The topological polar surface area (TPSA) is 57.1 Å². The summed E-state index contributed by atoms with van der Waals surface area (Å²) in [5, 5.41) is 0.507. The number of rotatable bonds is 5. The summed E-state index contributed by atoms with van der Waals surface area (Å²) in [5.74, 6) is 1.36. The van der Waals surface area contributed by atoms with Crippen LogP contribution in [0.3, 0.4) is 0 Å². The van der Waals surface area contributed by atoms with Gasteiger partial charge in [-0.2, -0.15) is 9.36 Å². The van der Waals surface area contributed by atoms with Gasteiger partial charge in [-0.3, -0.25) is 0 Å². The van der Waals surface area contributed by atoms with Crippen molar-refractivity contribution < 1.29 is 9.47 Å². The predicted molar refractivity (Wildman–Crippen MR) is 72.2 cm³/mol. The molecule has 2 aromatic heterocycles. The summed E-state index contributed by atoms with van der Waals surface area (Å²) < 4.78 is 15.4. The molecule has 96 valence electrons. The van der Waals surface area contributed by atoms with Crippen LogP contribution in [0.1, 0.15) is 11.5 Å². The first-order valence-electron chi connectivity index (χ1n) is 5.31. The van der Waals surface area contributed by atoms with Crippen LogP contribution in [0, 0.1) is 6.92 Å². The third kappa shape index (κ3) is 3.47. The quantitative estimate of drug-likeness (QED) is 0.789. The predicted octanol–water partition coefficient (Wildman–Crippen LogP) is 2.99. The molecular weight excluding hydrogens is 318 g/mol. The van der Waals surface area contributed by atoms with Crippen molar-refractivity contribution in [2.24, 2.45) is 0 Å². The molecular formula is C11H12BrN3O2S. The summed E-state index contributed by atoms with van der Waals surface area (Å²) in [5.41, 5.74) is 0.923. The number of ether oxygens (including phenoxy) is 2. The normalized spacial score (nSPS) is 10.6. The highest BCUT2D eigenvalue weighted by atomic mass is 79.9. The molecule has 0 aliphatic carbocycles. The Labute approximate surface area is 117 Å². The van der Waals surface area contributed by atoms with Gasteiger partial charge in [-0.15, -0.1) is 0 Å². The molecule has 0 fully saturated rings. The molecule has 5 nitrogen and oxygen atoms in total. The first-order valence-corrected chi connectivity index (χ1v) is 6.88. The van der Waals surface area contributed by atoms with Crippen molar-refractivity contribution in [3.63, 3.8) is 0 Å². The van der Waals surface area contributed by atoms with Crippen LogP contribution in [0.25, 0.3) is 0 Å².